The van der Waals surface area contributed by atoms with E-state index in [0.717, 1.165) is 5.56 Å². The van der Waals surface area contributed by atoms with E-state index in [1.165, 1.54) is 24.1 Å². The van der Waals surface area contributed by atoms with Gasteiger partial charge in [0.25, 0.3) is 0 Å². The maximum absolute atomic E-state index is 13.1. The summed E-state index contributed by atoms with van der Waals surface area (Å²) in [5.74, 6) is -0.494. The first-order valence-corrected chi connectivity index (χ1v) is 8.14. The van der Waals surface area contributed by atoms with Crippen LogP contribution in [-0.2, 0) is 20.9 Å². The van der Waals surface area contributed by atoms with Crippen LogP contribution in [0, 0.1) is 5.82 Å². The van der Waals surface area contributed by atoms with Crippen molar-refractivity contribution < 1.29 is 23.5 Å². The van der Waals surface area contributed by atoms with Gasteiger partial charge in [-0.3, -0.25) is 9.59 Å². The second-order valence-electron chi connectivity index (χ2n) is 5.87. The molecule has 1 N–H and O–H groups in total. The highest BCUT2D eigenvalue weighted by Crippen LogP contribution is 2.24. The van der Waals surface area contributed by atoms with E-state index in [2.05, 4.69) is 5.32 Å². The number of anilines is 1. The number of morpholine rings is 1. The monoisotopic (exact) mass is 358 g/mol. The van der Waals surface area contributed by atoms with Crippen LogP contribution < -0.4 is 10.1 Å². The molecule has 26 heavy (non-hydrogen) atoms. The van der Waals surface area contributed by atoms with Crippen molar-refractivity contribution in [2.24, 2.45) is 0 Å². The zero-order valence-corrected chi connectivity index (χ0v) is 14.3. The Bertz CT molecular complexity index is 794. The summed E-state index contributed by atoms with van der Waals surface area (Å²) in [5, 5.41) is 2.78. The molecule has 6 nitrogen and oxygen atoms in total. The van der Waals surface area contributed by atoms with Crippen LogP contribution in [0.1, 0.15) is 5.56 Å². The van der Waals surface area contributed by atoms with Crippen molar-refractivity contribution in [2.45, 2.75) is 12.6 Å². The van der Waals surface area contributed by atoms with Gasteiger partial charge in [-0.1, -0.05) is 24.3 Å². The fourth-order valence-corrected chi connectivity index (χ4v) is 2.77. The average molecular weight is 358 g/mol. The number of para-hydroxylation sites is 2. The van der Waals surface area contributed by atoms with Crippen molar-refractivity contribution in [1.29, 1.82) is 0 Å². The van der Waals surface area contributed by atoms with Crippen LogP contribution in [0.4, 0.5) is 10.1 Å². The van der Waals surface area contributed by atoms with Crippen LogP contribution >= 0.6 is 0 Å². The van der Waals surface area contributed by atoms with Gasteiger partial charge >= 0.3 is 0 Å². The molecule has 0 bridgehead atoms. The standard InChI is InChI=1S/C19H19FN2O4/c1-25-17-5-3-2-4-15(17)21-19(24)16-11-26-12-18(23)22(16)10-13-6-8-14(20)9-7-13/h2-9,16H,10-12H2,1H3,(H,21,24)/t16-/m0/s1. The van der Waals surface area contributed by atoms with Crippen molar-refractivity contribution in [3.05, 3.63) is 59.9 Å². The second-order valence-corrected chi connectivity index (χ2v) is 5.87. The molecule has 3 rings (SSSR count). The van der Waals surface area contributed by atoms with E-state index in [4.69, 9.17) is 9.47 Å². The zero-order valence-electron chi connectivity index (χ0n) is 14.3. The van der Waals surface area contributed by atoms with E-state index in [1.54, 1.807) is 36.4 Å². The minimum Gasteiger partial charge on any atom is -0.495 e. The minimum absolute atomic E-state index is 0.0837. The van der Waals surface area contributed by atoms with Gasteiger partial charge in [0.15, 0.2) is 0 Å². The number of nitrogens with zero attached hydrogens (tertiary/aromatic N) is 1. The number of methoxy groups -OCH3 is 1. The van der Waals surface area contributed by atoms with Crippen LogP contribution in [0.15, 0.2) is 48.5 Å². The van der Waals surface area contributed by atoms with E-state index in [1.807, 2.05) is 0 Å². The number of hydrogen-bond donors (Lipinski definition) is 1. The maximum Gasteiger partial charge on any atom is 0.249 e. The molecule has 2 aromatic carbocycles. The van der Waals surface area contributed by atoms with E-state index >= 15 is 0 Å². The van der Waals surface area contributed by atoms with Crippen molar-refractivity contribution in [1.82, 2.24) is 4.90 Å². The van der Waals surface area contributed by atoms with Gasteiger partial charge in [0, 0.05) is 6.54 Å². The summed E-state index contributed by atoms with van der Waals surface area (Å²) in [7, 11) is 1.51. The van der Waals surface area contributed by atoms with E-state index in [-0.39, 0.29) is 37.4 Å². The van der Waals surface area contributed by atoms with E-state index in [0.29, 0.717) is 11.4 Å². The first kappa shape index (κ1) is 17.9. The lowest BCUT2D eigenvalue weighted by atomic mass is 10.1. The minimum atomic E-state index is -0.786. The molecule has 1 aliphatic heterocycles. The van der Waals surface area contributed by atoms with E-state index in [9.17, 15) is 14.0 Å². The summed E-state index contributed by atoms with van der Waals surface area (Å²) in [6.07, 6.45) is 0. The van der Waals surface area contributed by atoms with Crippen molar-refractivity contribution in [3.63, 3.8) is 0 Å². The highest BCUT2D eigenvalue weighted by atomic mass is 19.1. The Labute approximate surface area is 150 Å². The van der Waals surface area contributed by atoms with Gasteiger partial charge in [-0.15, -0.1) is 0 Å². The van der Waals surface area contributed by atoms with Gasteiger partial charge in [-0.05, 0) is 29.8 Å². The highest BCUT2D eigenvalue weighted by Gasteiger charge is 2.34. The van der Waals surface area contributed by atoms with Gasteiger partial charge in [0.2, 0.25) is 11.8 Å². The maximum atomic E-state index is 13.1. The third-order valence-electron chi connectivity index (χ3n) is 4.13. The lowest BCUT2D eigenvalue weighted by molar-refractivity contribution is -0.154. The molecule has 0 saturated carbocycles. The molecule has 1 heterocycles. The number of halogens is 1. The molecule has 1 atom stereocenters. The quantitative estimate of drug-likeness (QED) is 0.890. The number of benzene rings is 2. The predicted octanol–water partition coefficient (Wildman–Crippen LogP) is 2.20. The van der Waals surface area contributed by atoms with Crippen LogP contribution in [0.5, 0.6) is 5.75 Å². The van der Waals surface area contributed by atoms with Crippen LogP contribution in [0.3, 0.4) is 0 Å². The van der Waals surface area contributed by atoms with Gasteiger partial charge in [-0.2, -0.15) is 0 Å². The third kappa shape index (κ3) is 4.00. The van der Waals surface area contributed by atoms with Gasteiger partial charge in [0.1, 0.15) is 24.2 Å². The topological polar surface area (TPSA) is 67.9 Å². The molecule has 2 aromatic rings. The Morgan fingerprint density at radius 1 is 1.27 bits per heavy atom. The lowest BCUT2D eigenvalue weighted by Gasteiger charge is -2.34. The molecule has 7 heteroatoms. The third-order valence-corrected chi connectivity index (χ3v) is 4.13. The first-order chi connectivity index (χ1) is 12.6. The summed E-state index contributed by atoms with van der Waals surface area (Å²) >= 11 is 0. The Hall–Kier alpha value is -2.93. The van der Waals surface area contributed by atoms with Crippen molar-refractivity contribution in [2.75, 3.05) is 25.6 Å². The molecule has 0 aromatic heterocycles. The number of ether oxygens (including phenoxy) is 2. The molecule has 1 saturated heterocycles. The number of hydrogen-bond acceptors (Lipinski definition) is 4. The second kappa shape index (κ2) is 7.97. The SMILES string of the molecule is COc1ccccc1NC(=O)[C@@H]1COCC(=O)N1Cc1ccc(F)cc1. The van der Waals surface area contributed by atoms with Crippen LogP contribution in [0.25, 0.3) is 0 Å². The van der Waals surface area contributed by atoms with Gasteiger partial charge < -0.3 is 19.7 Å². The number of rotatable bonds is 5. The molecule has 0 radical (unpaired) electrons. The fraction of sp³-hybridized carbons (Fsp3) is 0.263. The Balaban J connectivity index is 1.77. The molecule has 136 valence electrons. The molecule has 0 spiro atoms. The summed E-state index contributed by atoms with van der Waals surface area (Å²) in [5.41, 5.74) is 1.25. The smallest absolute Gasteiger partial charge is 0.249 e. The van der Waals surface area contributed by atoms with E-state index < -0.39 is 6.04 Å². The number of nitrogens with one attached hydrogen (secondary N) is 1. The Morgan fingerprint density at radius 3 is 2.73 bits per heavy atom. The van der Waals surface area contributed by atoms with Crippen molar-refractivity contribution in [3.8, 4) is 5.75 Å². The molecule has 2 amide bonds. The Morgan fingerprint density at radius 2 is 2.00 bits per heavy atom. The Kier molecular flexibility index (Phi) is 5.48. The molecule has 1 fully saturated rings. The number of amides is 2. The average Bonchev–Trinajstić information content (AvgIpc) is 2.65. The molecular formula is C19H19FN2O4. The van der Waals surface area contributed by atoms with Crippen molar-refractivity contribution >= 4 is 17.5 Å². The molecule has 0 aliphatic carbocycles. The van der Waals surface area contributed by atoms with Gasteiger partial charge in [-0.25, -0.2) is 4.39 Å². The normalized spacial score (nSPS) is 17.1. The molecule has 0 unspecified atom stereocenters. The summed E-state index contributed by atoms with van der Waals surface area (Å²) < 4.78 is 23.6. The summed E-state index contributed by atoms with van der Waals surface area (Å²) in [4.78, 5) is 26.5. The summed E-state index contributed by atoms with van der Waals surface area (Å²) in [6, 6.07) is 12.1. The largest absolute Gasteiger partial charge is 0.495 e. The molecular weight excluding hydrogens is 339 g/mol. The van der Waals surface area contributed by atoms with Crippen LogP contribution in [-0.4, -0.2) is 43.1 Å². The summed E-state index contributed by atoms with van der Waals surface area (Å²) in [6.45, 7) is 0.208. The van der Waals surface area contributed by atoms with Crippen LogP contribution in [0.2, 0.25) is 0 Å². The first-order valence-electron chi connectivity index (χ1n) is 8.14. The van der Waals surface area contributed by atoms with Gasteiger partial charge in [0.05, 0.1) is 19.4 Å². The number of carbonyl (C=O) groups excluding carboxylic acids is 2. The highest BCUT2D eigenvalue weighted by molar-refractivity contribution is 5.98. The lowest BCUT2D eigenvalue weighted by Crippen LogP contribution is -2.54. The predicted molar refractivity (Wildman–Crippen MR) is 93.2 cm³/mol. The zero-order chi connectivity index (χ0) is 18.5. The molecule has 1 aliphatic rings. The number of carbonyl (C=O) groups is 2. The fourth-order valence-electron chi connectivity index (χ4n) is 2.77.